The number of benzene rings is 1. The van der Waals surface area contributed by atoms with Gasteiger partial charge in [-0.05, 0) is 49.8 Å². The summed E-state index contributed by atoms with van der Waals surface area (Å²) < 4.78 is 2.14. The summed E-state index contributed by atoms with van der Waals surface area (Å²) in [6, 6.07) is 9.41. The summed E-state index contributed by atoms with van der Waals surface area (Å²) in [5.74, 6) is 1.89. The van der Waals surface area contributed by atoms with E-state index in [1.807, 2.05) is 12.4 Å². The number of aryl methyl sites for hydroxylation is 3. The van der Waals surface area contributed by atoms with Crippen LogP contribution in [0.5, 0.6) is 0 Å². The Labute approximate surface area is 127 Å². The minimum atomic E-state index is 0.476. The van der Waals surface area contributed by atoms with Gasteiger partial charge in [-0.3, -0.25) is 0 Å². The topological polar surface area (TPSA) is 29.9 Å². The second-order valence-electron chi connectivity index (χ2n) is 6.11. The highest BCUT2D eigenvalue weighted by Gasteiger charge is 2.26. The minimum absolute atomic E-state index is 0.476. The molecule has 2 atom stereocenters. The summed E-state index contributed by atoms with van der Waals surface area (Å²) in [7, 11) is 4.18. The Morgan fingerprint density at radius 1 is 1.33 bits per heavy atom. The highest BCUT2D eigenvalue weighted by atomic mass is 15.0. The molecule has 0 saturated heterocycles. The zero-order valence-electron chi connectivity index (χ0n) is 13.0. The first-order valence-electron chi connectivity index (χ1n) is 8.01. The number of hydrogen-bond acceptors (Lipinski definition) is 2. The van der Waals surface area contributed by atoms with Crippen LogP contribution < -0.4 is 5.32 Å². The van der Waals surface area contributed by atoms with E-state index in [4.69, 9.17) is 0 Å². The molecular weight excluding hydrogens is 258 g/mol. The van der Waals surface area contributed by atoms with Gasteiger partial charge >= 0.3 is 0 Å². The van der Waals surface area contributed by atoms with Gasteiger partial charge in [-0.2, -0.15) is 0 Å². The van der Waals surface area contributed by atoms with Crippen LogP contribution in [-0.2, 0) is 19.9 Å². The molecule has 0 aliphatic heterocycles. The molecule has 0 saturated carbocycles. The molecule has 0 bridgehead atoms. The van der Waals surface area contributed by atoms with Gasteiger partial charge in [-0.15, -0.1) is 0 Å². The lowest BCUT2D eigenvalue weighted by Gasteiger charge is -2.26. The highest BCUT2D eigenvalue weighted by molar-refractivity contribution is 5.31. The summed E-state index contributed by atoms with van der Waals surface area (Å²) in [6.07, 6.45) is 10.00. The maximum absolute atomic E-state index is 4.46. The Balaban J connectivity index is 1.77. The van der Waals surface area contributed by atoms with Gasteiger partial charge in [0.1, 0.15) is 5.82 Å². The van der Waals surface area contributed by atoms with Gasteiger partial charge in [0.25, 0.3) is 0 Å². The number of fused-ring (bicyclic) bond motifs is 1. The van der Waals surface area contributed by atoms with Crippen LogP contribution >= 0.6 is 0 Å². The standard InChI is InChI=1S/C18H25N3/c1-19-18-15(10-11-17-20-12-13-21(17)2)8-5-7-14-6-3-4-9-16(14)18/h3-4,6,9,12-13,15,18-19H,5,7-8,10-11H2,1-2H3. The van der Waals surface area contributed by atoms with E-state index in [-0.39, 0.29) is 0 Å². The van der Waals surface area contributed by atoms with Crippen molar-refractivity contribution in [1.29, 1.82) is 0 Å². The van der Waals surface area contributed by atoms with Crippen molar-refractivity contribution in [1.82, 2.24) is 14.9 Å². The number of hydrogen-bond donors (Lipinski definition) is 1. The number of imidazole rings is 1. The molecule has 2 aromatic rings. The van der Waals surface area contributed by atoms with E-state index in [1.165, 1.54) is 42.6 Å². The van der Waals surface area contributed by atoms with Crippen LogP contribution in [-0.4, -0.2) is 16.6 Å². The summed E-state index contributed by atoms with van der Waals surface area (Å²) in [4.78, 5) is 4.46. The van der Waals surface area contributed by atoms with Crippen molar-refractivity contribution in [2.45, 2.75) is 38.1 Å². The van der Waals surface area contributed by atoms with E-state index >= 15 is 0 Å². The lowest BCUT2D eigenvalue weighted by molar-refractivity contribution is 0.336. The highest BCUT2D eigenvalue weighted by Crippen LogP contribution is 2.35. The first-order valence-corrected chi connectivity index (χ1v) is 8.01. The van der Waals surface area contributed by atoms with Crippen LogP contribution in [0.3, 0.4) is 0 Å². The Morgan fingerprint density at radius 2 is 2.19 bits per heavy atom. The quantitative estimate of drug-likeness (QED) is 0.873. The van der Waals surface area contributed by atoms with E-state index in [9.17, 15) is 0 Å². The van der Waals surface area contributed by atoms with Crippen molar-refractivity contribution in [2.24, 2.45) is 13.0 Å². The Kier molecular flexibility index (Phi) is 4.39. The molecule has 0 spiro atoms. The normalized spacial score (nSPS) is 21.8. The van der Waals surface area contributed by atoms with Crippen LogP contribution in [0, 0.1) is 5.92 Å². The summed E-state index contributed by atoms with van der Waals surface area (Å²) in [6.45, 7) is 0. The third kappa shape index (κ3) is 3.03. The average Bonchev–Trinajstić information content (AvgIpc) is 2.82. The van der Waals surface area contributed by atoms with Crippen molar-refractivity contribution in [2.75, 3.05) is 7.05 Å². The fourth-order valence-electron chi connectivity index (χ4n) is 3.69. The van der Waals surface area contributed by atoms with E-state index in [0.717, 1.165) is 6.42 Å². The SMILES string of the molecule is CNC1c2ccccc2CCCC1CCc1nccn1C. The van der Waals surface area contributed by atoms with E-state index < -0.39 is 0 Å². The molecule has 112 valence electrons. The zero-order chi connectivity index (χ0) is 14.7. The van der Waals surface area contributed by atoms with Crippen molar-refractivity contribution in [3.63, 3.8) is 0 Å². The Hall–Kier alpha value is -1.61. The maximum atomic E-state index is 4.46. The molecule has 1 aromatic carbocycles. The second-order valence-corrected chi connectivity index (χ2v) is 6.11. The van der Waals surface area contributed by atoms with Gasteiger partial charge in [0.05, 0.1) is 0 Å². The summed E-state index contributed by atoms with van der Waals surface area (Å²) >= 11 is 0. The number of rotatable bonds is 4. The van der Waals surface area contributed by atoms with Gasteiger partial charge in [-0.1, -0.05) is 24.3 Å². The molecule has 3 heteroatoms. The molecule has 2 unspecified atom stereocenters. The summed E-state index contributed by atoms with van der Waals surface area (Å²) in [5, 5.41) is 3.57. The molecule has 1 heterocycles. The molecule has 0 radical (unpaired) electrons. The van der Waals surface area contributed by atoms with Gasteiger partial charge in [0, 0.05) is 31.9 Å². The monoisotopic (exact) mass is 283 g/mol. The molecule has 3 rings (SSSR count). The van der Waals surface area contributed by atoms with Crippen molar-refractivity contribution >= 4 is 0 Å². The zero-order valence-corrected chi connectivity index (χ0v) is 13.0. The number of aromatic nitrogens is 2. The second kappa shape index (κ2) is 6.44. The Morgan fingerprint density at radius 3 is 2.95 bits per heavy atom. The van der Waals surface area contributed by atoms with Crippen LogP contribution in [0.2, 0.25) is 0 Å². The predicted molar refractivity (Wildman–Crippen MR) is 86.2 cm³/mol. The van der Waals surface area contributed by atoms with E-state index in [1.54, 1.807) is 0 Å². The van der Waals surface area contributed by atoms with Crippen molar-refractivity contribution in [3.05, 3.63) is 53.6 Å². The smallest absolute Gasteiger partial charge is 0.108 e. The average molecular weight is 283 g/mol. The third-order valence-corrected chi connectivity index (χ3v) is 4.85. The summed E-state index contributed by atoms with van der Waals surface area (Å²) in [5.41, 5.74) is 3.03. The van der Waals surface area contributed by atoms with Crippen molar-refractivity contribution in [3.8, 4) is 0 Å². The lowest BCUT2D eigenvalue weighted by atomic mass is 9.87. The van der Waals surface area contributed by atoms with E-state index in [2.05, 4.69) is 53.2 Å². The molecule has 0 fully saturated rings. The van der Waals surface area contributed by atoms with Crippen molar-refractivity contribution < 1.29 is 0 Å². The predicted octanol–water partition coefficient (Wildman–Crippen LogP) is 3.27. The van der Waals surface area contributed by atoms with Crippen LogP contribution in [0.25, 0.3) is 0 Å². The Bertz CT molecular complexity index is 588. The largest absolute Gasteiger partial charge is 0.338 e. The first kappa shape index (κ1) is 14.3. The van der Waals surface area contributed by atoms with Crippen LogP contribution in [0.4, 0.5) is 0 Å². The van der Waals surface area contributed by atoms with Gasteiger partial charge in [0.2, 0.25) is 0 Å². The third-order valence-electron chi connectivity index (χ3n) is 4.85. The molecule has 1 aliphatic carbocycles. The van der Waals surface area contributed by atoms with Gasteiger partial charge in [-0.25, -0.2) is 4.98 Å². The maximum Gasteiger partial charge on any atom is 0.108 e. The van der Waals surface area contributed by atoms with Gasteiger partial charge < -0.3 is 9.88 Å². The fraction of sp³-hybridized carbons (Fsp3) is 0.500. The minimum Gasteiger partial charge on any atom is -0.338 e. The van der Waals surface area contributed by atoms with Crippen LogP contribution in [0.1, 0.15) is 42.3 Å². The van der Waals surface area contributed by atoms with E-state index in [0.29, 0.717) is 12.0 Å². The molecule has 1 N–H and O–H groups in total. The number of nitrogens with one attached hydrogen (secondary N) is 1. The molecular formula is C18H25N3. The molecule has 1 aromatic heterocycles. The first-order chi connectivity index (χ1) is 10.3. The number of nitrogens with zero attached hydrogens (tertiary/aromatic N) is 2. The fourth-order valence-corrected chi connectivity index (χ4v) is 3.69. The molecule has 3 nitrogen and oxygen atoms in total. The lowest BCUT2D eigenvalue weighted by Crippen LogP contribution is -2.25. The van der Waals surface area contributed by atoms with Gasteiger partial charge in [0.15, 0.2) is 0 Å². The van der Waals surface area contributed by atoms with Crippen LogP contribution in [0.15, 0.2) is 36.7 Å². The molecule has 21 heavy (non-hydrogen) atoms. The molecule has 1 aliphatic rings. The molecule has 0 amide bonds.